The Morgan fingerprint density at radius 3 is 2.88 bits per heavy atom. The SMILES string of the molecule is COc1ccc2[nH]c3c(c2c1)CC(=O)C3=O. The minimum atomic E-state index is -0.412. The molecule has 80 valence electrons. The summed E-state index contributed by atoms with van der Waals surface area (Å²) in [5.74, 6) is -0.0303. The zero-order valence-electron chi connectivity index (χ0n) is 8.66. The first kappa shape index (κ1) is 9.15. The number of ether oxygens (including phenoxy) is 1. The second kappa shape index (κ2) is 2.95. The van der Waals surface area contributed by atoms with Crippen molar-refractivity contribution in [2.45, 2.75) is 6.42 Å². The lowest BCUT2D eigenvalue weighted by atomic mass is 10.1. The minimum Gasteiger partial charge on any atom is -0.497 e. The number of nitrogens with one attached hydrogen (secondary N) is 1. The van der Waals surface area contributed by atoms with E-state index < -0.39 is 5.78 Å². The number of benzene rings is 1. The Bertz CT molecular complexity index is 624. The summed E-state index contributed by atoms with van der Waals surface area (Å²) >= 11 is 0. The van der Waals surface area contributed by atoms with Gasteiger partial charge in [-0.05, 0) is 23.8 Å². The van der Waals surface area contributed by atoms with Gasteiger partial charge < -0.3 is 9.72 Å². The van der Waals surface area contributed by atoms with E-state index in [2.05, 4.69) is 4.98 Å². The molecule has 4 nitrogen and oxygen atoms in total. The summed E-state index contributed by atoms with van der Waals surface area (Å²) in [4.78, 5) is 25.8. The third kappa shape index (κ3) is 1.04. The van der Waals surface area contributed by atoms with Gasteiger partial charge in [0.05, 0.1) is 12.8 Å². The van der Waals surface area contributed by atoms with Crippen LogP contribution in [0.4, 0.5) is 0 Å². The fourth-order valence-electron chi connectivity index (χ4n) is 2.11. The molecule has 1 heterocycles. The van der Waals surface area contributed by atoms with E-state index in [4.69, 9.17) is 4.74 Å². The number of hydrogen-bond acceptors (Lipinski definition) is 3. The van der Waals surface area contributed by atoms with Crippen LogP contribution in [-0.4, -0.2) is 23.7 Å². The number of fused-ring (bicyclic) bond motifs is 3. The third-order valence-electron chi connectivity index (χ3n) is 2.93. The van der Waals surface area contributed by atoms with Crippen molar-refractivity contribution in [3.63, 3.8) is 0 Å². The lowest BCUT2D eigenvalue weighted by Crippen LogP contribution is -2.07. The molecule has 1 aliphatic carbocycles. The van der Waals surface area contributed by atoms with Gasteiger partial charge in [0.15, 0.2) is 0 Å². The quantitative estimate of drug-likeness (QED) is 0.733. The second-order valence-corrected chi connectivity index (χ2v) is 3.82. The Morgan fingerprint density at radius 2 is 2.12 bits per heavy atom. The third-order valence-corrected chi connectivity index (χ3v) is 2.93. The number of aromatic nitrogens is 1. The fraction of sp³-hybridized carbons (Fsp3) is 0.167. The van der Waals surface area contributed by atoms with Crippen molar-refractivity contribution >= 4 is 22.5 Å². The fourth-order valence-corrected chi connectivity index (χ4v) is 2.11. The molecule has 4 heteroatoms. The maximum absolute atomic E-state index is 11.5. The molecule has 0 fully saturated rings. The number of hydrogen-bond donors (Lipinski definition) is 1. The van der Waals surface area contributed by atoms with Crippen LogP contribution in [0.3, 0.4) is 0 Å². The Balaban J connectivity index is 2.31. The number of methoxy groups -OCH3 is 1. The van der Waals surface area contributed by atoms with Crippen LogP contribution >= 0.6 is 0 Å². The molecule has 0 saturated carbocycles. The first-order valence-corrected chi connectivity index (χ1v) is 4.97. The standard InChI is InChI=1S/C12H9NO3/c1-16-6-2-3-9-7(4-6)8-5-10(14)12(15)11(8)13-9/h2-4,13H,5H2,1H3. The summed E-state index contributed by atoms with van der Waals surface area (Å²) in [5, 5.41) is 0.897. The maximum Gasteiger partial charge on any atom is 0.245 e. The largest absolute Gasteiger partial charge is 0.497 e. The molecule has 0 aliphatic heterocycles. The molecule has 0 bridgehead atoms. The molecular formula is C12H9NO3. The van der Waals surface area contributed by atoms with Crippen LogP contribution in [0.15, 0.2) is 18.2 Å². The van der Waals surface area contributed by atoms with E-state index in [1.54, 1.807) is 7.11 Å². The normalized spacial score (nSPS) is 14.6. The minimum absolute atomic E-state index is 0.196. The summed E-state index contributed by atoms with van der Waals surface area (Å²) in [5.41, 5.74) is 2.10. The molecular weight excluding hydrogens is 206 g/mol. The molecule has 1 aliphatic rings. The van der Waals surface area contributed by atoms with Crippen LogP contribution in [0.1, 0.15) is 16.1 Å². The van der Waals surface area contributed by atoms with Gasteiger partial charge in [-0.15, -0.1) is 0 Å². The number of carbonyl (C=O) groups is 2. The Labute approximate surface area is 91.2 Å². The van der Waals surface area contributed by atoms with Crippen molar-refractivity contribution in [2.24, 2.45) is 0 Å². The van der Waals surface area contributed by atoms with Crippen LogP contribution in [0.2, 0.25) is 0 Å². The van der Waals surface area contributed by atoms with Crippen molar-refractivity contribution in [2.75, 3.05) is 7.11 Å². The molecule has 0 amide bonds. The highest BCUT2D eigenvalue weighted by atomic mass is 16.5. The molecule has 1 N–H and O–H groups in total. The molecule has 3 rings (SSSR count). The van der Waals surface area contributed by atoms with Gasteiger partial charge in [0, 0.05) is 17.3 Å². The van der Waals surface area contributed by atoms with Gasteiger partial charge in [0.2, 0.25) is 11.6 Å². The Hall–Kier alpha value is -2.10. The second-order valence-electron chi connectivity index (χ2n) is 3.82. The summed E-state index contributed by atoms with van der Waals surface area (Å²) in [7, 11) is 1.59. The van der Waals surface area contributed by atoms with E-state index >= 15 is 0 Å². The van der Waals surface area contributed by atoms with E-state index in [0.29, 0.717) is 5.69 Å². The van der Waals surface area contributed by atoms with Gasteiger partial charge in [-0.25, -0.2) is 0 Å². The summed E-state index contributed by atoms with van der Waals surface area (Å²) in [6.07, 6.45) is 0.196. The van der Waals surface area contributed by atoms with Crippen LogP contribution in [0, 0.1) is 0 Å². The first-order valence-electron chi connectivity index (χ1n) is 4.97. The monoisotopic (exact) mass is 215 g/mol. The van der Waals surface area contributed by atoms with Crippen molar-refractivity contribution in [1.82, 2.24) is 4.98 Å². The molecule has 2 aromatic rings. The smallest absolute Gasteiger partial charge is 0.245 e. The van der Waals surface area contributed by atoms with Crippen molar-refractivity contribution < 1.29 is 14.3 Å². The lowest BCUT2D eigenvalue weighted by Gasteiger charge is -1.99. The van der Waals surface area contributed by atoms with Gasteiger partial charge >= 0.3 is 0 Å². The van der Waals surface area contributed by atoms with Crippen LogP contribution in [0.25, 0.3) is 10.9 Å². The molecule has 0 saturated heterocycles. The van der Waals surface area contributed by atoms with Gasteiger partial charge in [0.1, 0.15) is 5.75 Å². The van der Waals surface area contributed by atoms with Crippen molar-refractivity contribution in [3.8, 4) is 5.75 Å². The number of rotatable bonds is 1. The Morgan fingerprint density at radius 1 is 1.31 bits per heavy atom. The number of Topliss-reactive ketones (excluding diaryl/α,β-unsaturated/α-hetero) is 2. The maximum atomic E-state index is 11.5. The predicted octanol–water partition coefficient (Wildman–Crippen LogP) is 1.48. The van der Waals surface area contributed by atoms with E-state index in [1.165, 1.54) is 0 Å². The van der Waals surface area contributed by atoms with Gasteiger partial charge in [-0.2, -0.15) is 0 Å². The number of ketones is 2. The zero-order chi connectivity index (χ0) is 11.3. The summed E-state index contributed by atoms with van der Waals surface area (Å²) < 4.78 is 5.12. The van der Waals surface area contributed by atoms with Crippen molar-refractivity contribution in [1.29, 1.82) is 0 Å². The van der Waals surface area contributed by atoms with Crippen molar-refractivity contribution in [3.05, 3.63) is 29.5 Å². The van der Waals surface area contributed by atoms with Gasteiger partial charge in [0.25, 0.3) is 0 Å². The first-order chi connectivity index (χ1) is 7.70. The molecule has 16 heavy (non-hydrogen) atoms. The molecule has 0 spiro atoms. The molecule has 0 radical (unpaired) electrons. The van der Waals surface area contributed by atoms with E-state index in [1.807, 2.05) is 18.2 Å². The molecule has 0 unspecified atom stereocenters. The summed E-state index contributed by atoms with van der Waals surface area (Å²) in [6.45, 7) is 0. The topological polar surface area (TPSA) is 59.2 Å². The van der Waals surface area contributed by atoms with Gasteiger partial charge in [-0.1, -0.05) is 0 Å². The number of carbonyl (C=O) groups excluding carboxylic acids is 2. The molecule has 1 aromatic carbocycles. The summed E-state index contributed by atoms with van der Waals surface area (Å²) in [6, 6.07) is 5.51. The predicted molar refractivity (Wildman–Crippen MR) is 57.9 cm³/mol. The highest BCUT2D eigenvalue weighted by Crippen LogP contribution is 2.30. The average Bonchev–Trinajstić information content (AvgIpc) is 2.78. The number of H-pyrrole nitrogens is 1. The zero-order valence-corrected chi connectivity index (χ0v) is 8.66. The highest BCUT2D eigenvalue weighted by Gasteiger charge is 2.31. The lowest BCUT2D eigenvalue weighted by molar-refractivity contribution is -0.114. The van der Waals surface area contributed by atoms with Crippen LogP contribution in [0.5, 0.6) is 5.75 Å². The van der Waals surface area contributed by atoms with Crippen LogP contribution < -0.4 is 4.74 Å². The molecule has 1 aromatic heterocycles. The highest BCUT2D eigenvalue weighted by molar-refractivity contribution is 6.47. The van der Waals surface area contributed by atoms with Gasteiger partial charge in [-0.3, -0.25) is 9.59 Å². The Kier molecular flexibility index (Phi) is 1.68. The number of aromatic amines is 1. The van der Waals surface area contributed by atoms with E-state index in [0.717, 1.165) is 22.2 Å². The average molecular weight is 215 g/mol. The van der Waals surface area contributed by atoms with E-state index in [-0.39, 0.29) is 12.2 Å². The molecule has 0 atom stereocenters. The van der Waals surface area contributed by atoms with E-state index in [9.17, 15) is 9.59 Å². The van der Waals surface area contributed by atoms with Crippen LogP contribution in [-0.2, 0) is 11.2 Å².